The number of halogens is 1. The van der Waals surface area contributed by atoms with E-state index in [0.717, 1.165) is 0 Å². The summed E-state index contributed by atoms with van der Waals surface area (Å²) < 4.78 is 1.33. The summed E-state index contributed by atoms with van der Waals surface area (Å²) in [6.45, 7) is 0. The zero-order chi connectivity index (χ0) is 20.0. The Balaban J connectivity index is 1.82. The van der Waals surface area contributed by atoms with Crippen LogP contribution in [0.1, 0.15) is 15.2 Å². The van der Waals surface area contributed by atoms with Crippen LogP contribution in [-0.2, 0) is 4.79 Å². The van der Waals surface area contributed by atoms with Gasteiger partial charge in [0.15, 0.2) is 0 Å². The maximum Gasteiger partial charge on any atom is 0.329 e. The Bertz CT molecular complexity index is 1340. The van der Waals surface area contributed by atoms with Gasteiger partial charge in [-0.05, 0) is 30.3 Å². The smallest absolute Gasteiger partial charge is 0.329 e. The molecular weight excluding hydrogens is 450 g/mol. The maximum absolute atomic E-state index is 12.3. The van der Waals surface area contributed by atoms with Crippen molar-refractivity contribution in [2.24, 2.45) is 4.99 Å². The molecule has 0 bridgehead atoms. The van der Waals surface area contributed by atoms with Gasteiger partial charge in [0.2, 0.25) is 5.88 Å². The molecule has 2 heterocycles. The van der Waals surface area contributed by atoms with Gasteiger partial charge < -0.3 is 10.2 Å². The second-order valence-corrected chi connectivity index (χ2v) is 7.64. The zero-order valence-electron chi connectivity index (χ0n) is 13.8. The highest BCUT2D eigenvalue weighted by molar-refractivity contribution is 9.10. The van der Waals surface area contributed by atoms with Gasteiger partial charge in [0, 0.05) is 9.69 Å². The number of fused-ring (bicyclic) bond motifs is 1. The van der Waals surface area contributed by atoms with Gasteiger partial charge in [-0.1, -0.05) is 39.4 Å². The topological polar surface area (TPSA) is 121 Å². The van der Waals surface area contributed by atoms with Crippen LogP contribution in [0.15, 0.2) is 56.7 Å². The number of nitrogens with zero attached hydrogens (tertiary/aromatic N) is 2. The summed E-state index contributed by atoms with van der Waals surface area (Å²) in [6, 6.07) is 10.8. The van der Waals surface area contributed by atoms with E-state index in [1.807, 2.05) is 0 Å². The Kier molecular flexibility index (Phi) is 4.36. The number of aromatic nitrogens is 1. The number of hydrogen-bond donors (Lipinski definition) is 3. The Morgan fingerprint density at radius 3 is 2.64 bits per heavy atom. The fraction of sp³-hybridized carbons (Fsp3) is 0. The van der Waals surface area contributed by atoms with Crippen molar-refractivity contribution in [3.63, 3.8) is 0 Å². The van der Waals surface area contributed by atoms with Crippen LogP contribution in [0.3, 0.4) is 0 Å². The predicted octanol–water partition coefficient (Wildman–Crippen LogP) is 0.826. The summed E-state index contributed by atoms with van der Waals surface area (Å²) in [5.74, 6) is -2.26. The molecule has 28 heavy (non-hydrogen) atoms. The first-order valence-corrected chi connectivity index (χ1v) is 9.45. The average molecular weight is 460 g/mol. The lowest BCUT2D eigenvalue weighted by atomic mass is 10.1. The summed E-state index contributed by atoms with van der Waals surface area (Å²) in [6.07, 6.45) is 0. The molecule has 0 radical (unpaired) electrons. The minimum atomic E-state index is -0.796. The quantitative estimate of drug-likeness (QED) is 0.535. The van der Waals surface area contributed by atoms with Crippen molar-refractivity contribution >= 4 is 44.7 Å². The number of hydrogen-bond acceptors (Lipinski definition) is 6. The molecule has 4 rings (SSSR count). The van der Waals surface area contributed by atoms with Crippen molar-refractivity contribution < 1.29 is 19.8 Å². The molecule has 1 aliphatic heterocycles. The lowest BCUT2D eigenvalue weighted by molar-refractivity contribution is -0.112. The number of thiazole rings is 1. The third kappa shape index (κ3) is 2.92. The first kappa shape index (κ1) is 18.1. The molecule has 0 fully saturated rings. The van der Waals surface area contributed by atoms with E-state index in [4.69, 9.17) is 0 Å². The van der Waals surface area contributed by atoms with E-state index in [1.54, 1.807) is 30.3 Å². The first-order valence-electron chi connectivity index (χ1n) is 7.84. The third-order valence-corrected chi connectivity index (χ3v) is 5.48. The molecule has 3 N–H and O–H groups in total. The first-order chi connectivity index (χ1) is 13.4. The van der Waals surface area contributed by atoms with Gasteiger partial charge in [-0.3, -0.25) is 19.8 Å². The number of carbonyl (C=O) groups is 2. The Morgan fingerprint density at radius 2 is 1.89 bits per heavy atom. The van der Waals surface area contributed by atoms with Crippen molar-refractivity contribution in [2.75, 3.05) is 5.43 Å². The average Bonchev–Trinajstić information content (AvgIpc) is 3.11. The Morgan fingerprint density at radius 1 is 1.14 bits per heavy atom. The van der Waals surface area contributed by atoms with E-state index in [2.05, 4.69) is 26.3 Å². The molecule has 1 aromatic heterocycles. The molecule has 2 amide bonds. The largest absolute Gasteiger partial charge is 0.507 e. The van der Waals surface area contributed by atoms with Crippen LogP contribution in [0.25, 0.3) is 5.57 Å². The lowest BCUT2D eigenvalue weighted by Crippen LogP contribution is -2.29. The number of amides is 2. The molecule has 0 atom stereocenters. The monoisotopic (exact) mass is 459 g/mol. The highest BCUT2D eigenvalue weighted by Crippen LogP contribution is 2.28. The van der Waals surface area contributed by atoms with E-state index < -0.39 is 22.6 Å². The Labute approximate surface area is 168 Å². The number of para-hydroxylation sites is 1. The van der Waals surface area contributed by atoms with Crippen molar-refractivity contribution in [2.45, 2.75) is 0 Å². The number of rotatable bonds is 3. The number of aromatic hydroxyl groups is 2. The van der Waals surface area contributed by atoms with Crippen LogP contribution in [0, 0.1) is 0 Å². The molecule has 3 aromatic rings. The number of nitrogens with one attached hydrogen (secondary N) is 1. The molecule has 0 saturated heterocycles. The Hall–Kier alpha value is -3.24. The van der Waals surface area contributed by atoms with Crippen molar-refractivity contribution in [3.05, 3.63) is 77.6 Å². The molecular formula is C18H10BrN3O5S. The zero-order valence-corrected chi connectivity index (χ0v) is 16.2. The van der Waals surface area contributed by atoms with Crippen LogP contribution in [-0.4, -0.2) is 26.7 Å². The molecule has 140 valence electrons. The van der Waals surface area contributed by atoms with Crippen molar-refractivity contribution in [1.82, 2.24) is 4.68 Å². The molecule has 0 saturated carbocycles. The molecule has 0 spiro atoms. The predicted molar refractivity (Wildman–Crippen MR) is 104 cm³/mol. The normalized spacial score (nSPS) is 12.6. The highest BCUT2D eigenvalue weighted by Gasteiger charge is 2.27. The van der Waals surface area contributed by atoms with Gasteiger partial charge in [-0.2, -0.15) is 4.68 Å². The number of carbonyl (C=O) groups excluding carboxylic acids is 2. The molecule has 1 aliphatic rings. The number of benzene rings is 2. The summed E-state index contributed by atoms with van der Waals surface area (Å²) in [7, 11) is 0. The van der Waals surface area contributed by atoms with Gasteiger partial charge in [-0.25, -0.2) is 4.99 Å². The van der Waals surface area contributed by atoms with Crippen LogP contribution in [0.5, 0.6) is 11.6 Å². The lowest BCUT2D eigenvalue weighted by Gasteiger charge is -2.08. The van der Waals surface area contributed by atoms with E-state index in [-0.39, 0.29) is 21.8 Å². The van der Waals surface area contributed by atoms with Gasteiger partial charge in [0.25, 0.3) is 11.8 Å². The van der Waals surface area contributed by atoms with Gasteiger partial charge in [0.1, 0.15) is 10.6 Å². The van der Waals surface area contributed by atoms with Crippen molar-refractivity contribution in [3.8, 4) is 11.6 Å². The van der Waals surface area contributed by atoms with Crippen LogP contribution < -0.4 is 20.9 Å². The molecule has 8 nitrogen and oxygen atoms in total. The highest BCUT2D eigenvalue weighted by atomic mass is 79.9. The fourth-order valence-electron chi connectivity index (χ4n) is 2.76. The second kappa shape index (κ2) is 6.73. The minimum absolute atomic E-state index is 0.00631. The van der Waals surface area contributed by atoms with Crippen LogP contribution in [0.4, 0.5) is 0 Å². The third-order valence-electron chi connectivity index (χ3n) is 4.04. The number of phenolic OH excluding ortho intramolecular Hbond substituents is 1. The van der Waals surface area contributed by atoms with E-state index >= 15 is 0 Å². The van der Waals surface area contributed by atoms with Gasteiger partial charge >= 0.3 is 4.87 Å². The standard InChI is InChI=1S/C18H10BrN3O5S/c19-8-5-6-11-10(7-8)13(16(25)20-11)14-17(26)22(18(27)28-14)21-15(24)9-3-1-2-4-12(9)23/h1-7,23,26H,(H,21,24). The summed E-state index contributed by atoms with van der Waals surface area (Å²) in [5.41, 5.74) is 2.23. The fourth-order valence-corrected chi connectivity index (χ4v) is 4.00. The van der Waals surface area contributed by atoms with Gasteiger partial charge in [0.05, 0.1) is 16.5 Å². The molecule has 10 heteroatoms. The molecule has 0 unspecified atom stereocenters. The summed E-state index contributed by atoms with van der Waals surface area (Å²) in [4.78, 5) is 40.2. The maximum atomic E-state index is 12.3. The minimum Gasteiger partial charge on any atom is -0.507 e. The molecule has 2 aromatic carbocycles. The van der Waals surface area contributed by atoms with E-state index in [1.165, 1.54) is 12.1 Å². The molecule has 0 aliphatic carbocycles. The number of phenols is 1. The second-order valence-electron chi connectivity index (χ2n) is 5.77. The van der Waals surface area contributed by atoms with Crippen molar-refractivity contribution in [1.29, 1.82) is 0 Å². The van der Waals surface area contributed by atoms with Gasteiger partial charge in [-0.15, -0.1) is 0 Å². The SMILES string of the molecule is O=C1N=c2ccc(Br)cc2=C1c1sc(=O)n(NC(=O)c2ccccc2O)c1O. The van der Waals surface area contributed by atoms with Crippen LogP contribution >= 0.6 is 27.3 Å². The summed E-state index contributed by atoms with van der Waals surface area (Å²) in [5, 5.41) is 21.2. The van der Waals surface area contributed by atoms with E-state index in [0.29, 0.717) is 31.1 Å². The summed E-state index contributed by atoms with van der Waals surface area (Å²) >= 11 is 3.92. The van der Waals surface area contributed by atoms with Crippen LogP contribution in [0.2, 0.25) is 0 Å². The van der Waals surface area contributed by atoms with E-state index in [9.17, 15) is 24.6 Å².